The third kappa shape index (κ3) is 13.4. The van der Waals surface area contributed by atoms with E-state index in [0.717, 1.165) is 12.0 Å². The highest BCUT2D eigenvalue weighted by atomic mass is 16.5. The van der Waals surface area contributed by atoms with E-state index in [-0.39, 0.29) is 73.3 Å². The topological polar surface area (TPSA) is 203 Å². The van der Waals surface area contributed by atoms with Gasteiger partial charge in [-0.25, -0.2) is 9.59 Å². The summed E-state index contributed by atoms with van der Waals surface area (Å²) in [6, 6.07) is 22.6. The molecule has 1 saturated carbocycles. The molecule has 14 heteroatoms. The molecule has 0 aromatic heterocycles. The van der Waals surface area contributed by atoms with Crippen LogP contribution in [0.25, 0.3) is 0 Å². The summed E-state index contributed by atoms with van der Waals surface area (Å²) >= 11 is 0. The maximum atomic E-state index is 14.3. The lowest BCUT2D eigenvalue weighted by molar-refractivity contribution is -0.119. The number of rotatable bonds is 18. The molecule has 69 heavy (non-hydrogen) atoms. The van der Waals surface area contributed by atoms with Crippen molar-refractivity contribution in [3.63, 3.8) is 0 Å². The zero-order chi connectivity index (χ0) is 51.0. The Bertz CT molecular complexity index is 2750. The quantitative estimate of drug-likeness (QED) is 0.0555. The van der Waals surface area contributed by atoms with Gasteiger partial charge in [0.25, 0.3) is 23.6 Å². The van der Waals surface area contributed by atoms with E-state index in [1.54, 1.807) is 36.4 Å². The molecule has 1 aliphatic rings. The SMILES string of the molecule is C=C(C)C(=O)COC(=O)c1ccc(C(C)(C)c2ccc(C(=O)OCC(=O)C(=C)C)c(C(=O)Nc3cccc(C(=O)NC4CC(C)(C)CC(C)(CNC(=O)c5cccc(C)c5)C4)c3)c2)cc1C(=O)NC. The summed E-state index contributed by atoms with van der Waals surface area (Å²) in [5.41, 5.74) is 1.73. The molecule has 0 spiro atoms. The van der Waals surface area contributed by atoms with E-state index in [1.807, 2.05) is 39.0 Å². The van der Waals surface area contributed by atoms with Crippen LogP contribution in [0.4, 0.5) is 5.69 Å². The van der Waals surface area contributed by atoms with E-state index in [0.29, 0.717) is 36.1 Å². The standard InChI is InChI=1S/C55H62N4O10/c1-32(2)45(60)28-68-51(66)41-20-18-37(24-43(41)49(64)56-11)54(8,9)38-19-21-42(52(67)69-29-46(61)33(3)4)44(25-38)50(65)58-39-17-13-16-36(23-39)48(63)59-40-26-53(6,7)30-55(10,27-40)31-57-47(62)35-15-12-14-34(5)22-35/h12-25,40H,1,3,26-31H2,2,4-11H3,(H,56,64)(H,57,62)(H,58,65)(H,59,63). The maximum Gasteiger partial charge on any atom is 0.339 e. The normalized spacial score (nSPS) is 16.2. The molecule has 0 heterocycles. The molecule has 0 aliphatic heterocycles. The number of esters is 2. The Morgan fingerprint density at radius 2 is 1.17 bits per heavy atom. The van der Waals surface area contributed by atoms with Crippen molar-refractivity contribution < 1.29 is 47.8 Å². The lowest BCUT2D eigenvalue weighted by Gasteiger charge is -2.47. The van der Waals surface area contributed by atoms with Gasteiger partial charge in [-0.05, 0) is 128 Å². The lowest BCUT2D eigenvalue weighted by atomic mass is 9.62. The van der Waals surface area contributed by atoms with Crippen molar-refractivity contribution in [3.8, 4) is 0 Å². The molecular weight excluding hydrogens is 877 g/mol. The second-order valence-corrected chi connectivity index (χ2v) is 19.6. The van der Waals surface area contributed by atoms with Crippen LogP contribution in [0.2, 0.25) is 0 Å². The van der Waals surface area contributed by atoms with E-state index in [4.69, 9.17) is 9.47 Å². The van der Waals surface area contributed by atoms with E-state index in [1.165, 1.54) is 51.2 Å². The molecule has 2 atom stereocenters. The number of hydrogen-bond donors (Lipinski definition) is 4. The van der Waals surface area contributed by atoms with Crippen molar-refractivity contribution in [1.82, 2.24) is 16.0 Å². The number of anilines is 1. The molecule has 4 amide bonds. The number of Topliss-reactive ketones (excluding diaryl/α,β-unsaturated/α-hetero) is 2. The highest BCUT2D eigenvalue weighted by Crippen LogP contribution is 2.46. The van der Waals surface area contributed by atoms with Gasteiger partial charge >= 0.3 is 11.9 Å². The molecule has 0 radical (unpaired) electrons. The van der Waals surface area contributed by atoms with Crippen molar-refractivity contribution >= 4 is 52.8 Å². The molecule has 0 bridgehead atoms. The van der Waals surface area contributed by atoms with Crippen LogP contribution in [0.5, 0.6) is 0 Å². The van der Waals surface area contributed by atoms with Gasteiger partial charge in [0, 0.05) is 41.9 Å². The predicted octanol–water partition coefficient (Wildman–Crippen LogP) is 8.28. The fraction of sp³-hybridized carbons (Fsp3) is 0.345. The summed E-state index contributed by atoms with van der Waals surface area (Å²) < 4.78 is 10.5. The number of amides is 4. The third-order valence-corrected chi connectivity index (χ3v) is 12.4. The number of carbonyl (C=O) groups excluding carboxylic acids is 8. The van der Waals surface area contributed by atoms with Crippen LogP contribution in [0.3, 0.4) is 0 Å². The largest absolute Gasteiger partial charge is 0.454 e. The van der Waals surface area contributed by atoms with Crippen molar-refractivity contribution in [3.05, 3.63) is 159 Å². The monoisotopic (exact) mass is 938 g/mol. The third-order valence-electron chi connectivity index (χ3n) is 12.4. The molecule has 2 unspecified atom stereocenters. The van der Waals surface area contributed by atoms with Gasteiger partial charge in [-0.15, -0.1) is 0 Å². The van der Waals surface area contributed by atoms with E-state index in [9.17, 15) is 38.4 Å². The van der Waals surface area contributed by atoms with Gasteiger partial charge in [0.1, 0.15) is 0 Å². The van der Waals surface area contributed by atoms with Crippen LogP contribution in [0.15, 0.2) is 109 Å². The Labute approximate surface area is 403 Å². The molecule has 362 valence electrons. The average molecular weight is 939 g/mol. The Balaban J connectivity index is 1.40. The summed E-state index contributed by atoms with van der Waals surface area (Å²) in [5, 5.41) is 11.6. The summed E-state index contributed by atoms with van der Waals surface area (Å²) in [6.45, 7) is 21.4. The number of ether oxygens (including phenoxy) is 2. The van der Waals surface area contributed by atoms with Gasteiger partial charge in [0.15, 0.2) is 24.8 Å². The minimum atomic E-state index is -0.983. The second-order valence-electron chi connectivity index (χ2n) is 19.6. The van der Waals surface area contributed by atoms with Crippen LogP contribution in [-0.2, 0) is 24.5 Å². The molecule has 0 saturated heterocycles. The summed E-state index contributed by atoms with van der Waals surface area (Å²) in [4.78, 5) is 106. The average Bonchev–Trinajstić information content (AvgIpc) is 3.30. The molecule has 1 fully saturated rings. The molecule has 5 rings (SSSR count). The zero-order valence-corrected chi connectivity index (χ0v) is 40.9. The summed E-state index contributed by atoms with van der Waals surface area (Å²) in [6.07, 6.45) is 2.17. The van der Waals surface area contributed by atoms with Crippen LogP contribution < -0.4 is 21.3 Å². The smallest absolute Gasteiger partial charge is 0.339 e. The number of carbonyl (C=O) groups is 8. The van der Waals surface area contributed by atoms with Crippen LogP contribution in [0, 0.1) is 17.8 Å². The van der Waals surface area contributed by atoms with Crippen molar-refractivity contribution in [2.45, 2.75) is 86.1 Å². The first kappa shape index (κ1) is 52.5. The molecule has 14 nitrogen and oxygen atoms in total. The van der Waals surface area contributed by atoms with Gasteiger partial charge in [-0.3, -0.25) is 28.8 Å². The number of aryl methyl sites for hydroxylation is 1. The molecule has 4 aromatic carbocycles. The second kappa shape index (κ2) is 21.6. The molecule has 4 aromatic rings. The Hall–Kier alpha value is -7.48. The number of benzene rings is 4. The molecule has 1 aliphatic carbocycles. The number of nitrogens with one attached hydrogen (secondary N) is 4. The Morgan fingerprint density at radius 3 is 1.70 bits per heavy atom. The summed E-state index contributed by atoms with van der Waals surface area (Å²) in [5.74, 6) is -4.65. The molecule has 4 N–H and O–H groups in total. The van der Waals surface area contributed by atoms with Gasteiger partial charge in [-0.1, -0.05) is 83.7 Å². The minimum Gasteiger partial charge on any atom is -0.454 e. The fourth-order valence-corrected chi connectivity index (χ4v) is 8.82. The predicted molar refractivity (Wildman–Crippen MR) is 264 cm³/mol. The first-order chi connectivity index (χ1) is 32.3. The van der Waals surface area contributed by atoms with Gasteiger partial charge in [0.05, 0.1) is 22.3 Å². The lowest BCUT2D eigenvalue weighted by Crippen LogP contribution is -2.50. The number of hydrogen-bond acceptors (Lipinski definition) is 10. The first-order valence-electron chi connectivity index (χ1n) is 22.6. The number of ketones is 2. The van der Waals surface area contributed by atoms with Crippen molar-refractivity contribution in [2.75, 3.05) is 32.1 Å². The highest BCUT2D eigenvalue weighted by molar-refractivity contribution is 6.12. The Morgan fingerprint density at radius 1 is 0.652 bits per heavy atom. The van der Waals surface area contributed by atoms with Crippen molar-refractivity contribution in [1.29, 1.82) is 0 Å². The molecular formula is C55H62N4O10. The van der Waals surface area contributed by atoms with Crippen LogP contribution >= 0.6 is 0 Å². The Kier molecular flexibility index (Phi) is 16.5. The first-order valence-corrected chi connectivity index (χ1v) is 22.6. The van der Waals surface area contributed by atoms with Crippen molar-refractivity contribution in [2.24, 2.45) is 10.8 Å². The van der Waals surface area contributed by atoms with Crippen LogP contribution in [-0.4, -0.2) is 80.0 Å². The fourth-order valence-electron chi connectivity index (χ4n) is 8.82. The van der Waals surface area contributed by atoms with Gasteiger partial charge < -0.3 is 30.7 Å². The maximum absolute atomic E-state index is 14.3. The van der Waals surface area contributed by atoms with Gasteiger partial charge in [0.2, 0.25) is 0 Å². The van der Waals surface area contributed by atoms with E-state index < -0.39 is 53.9 Å². The highest BCUT2D eigenvalue weighted by Gasteiger charge is 2.42. The minimum absolute atomic E-state index is 0.0243. The van der Waals surface area contributed by atoms with E-state index >= 15 is 0 Å². The zero-order valence-electron chi connectivity index (χ0n) is 40.9. The van der Waals surface area contributed by atoms with Crippen LogP contribution in [0.1, 0.15) is 147 Å². The van der Waals surface area contributed by atoms with Gasteiger partial charge in [-0.2, -0.15) is 0 Å². The van der Waals surface area contributed by atoms with E-state index in [2.05, 4.69) is 55.2 Å². The summed E-state index contributed by atoms with van der Waals surface area (Å²) in [7, 11) is 1.40.